The Morgan fingerprint density at radius 3 is 2.40 bits per heavy atom. The third-order valence-corrected chi connectivity index (χ3v) is 3.01. The lowest BCUT2D eigenvalue weighted by Crippen LogP contribution is -1.92. The van der Waals surface area contributed by atoms with Crippen molar-refractivity contribution in [3.8, 4) is 22.8 Å². The summed E-state index contributed by atoms with van der Waals surface area (Å²) in [7, 11) is 0. The molecule has 0 bridgehead atoms. The zero-order valence-corrected chi connectivity index (χ0v) is 11.1. The number of benzene rings is 2. The average molecular weight is 265 g/mol. The maximum Gasteiger partial charge on any atom is 0.181 e. The van der Waals surface area contributed by atoms with Gasteiger partial charge in [-0.3, -0.25) is 5.10 Å². The Morgan fingerprint density at radius 2 is 1.70 bits per heavy atom. The van der Waals surface area contributed by atoms with E-state index in [1.165, 1.54) is 5.56 Å². The Labute approximate surface area is 116 Å². The number of hydrogen-bond acceptors (Lipinski definition) is 4. The zero-order chi connectivity index (χ0) is 14.1. The highest BCUT2D eigenvalue weighted by molar-refractivity contribution is 5.69. The first-order valence-corrected chi connectivity index (χ1v) is 6.28. The lowest BCUT2D eigenvalue weighted by atomic mass is 10.1. The quantitative estimate of drug-likeness (QED) is 0.621. The van der Waals surface area contributed by atoms with Gasteiger partial charge in [0.15, 0.2) is 11.6 Å². The van der Waals surface area contributed by atoms with Crippen LogP contribution in [0.1, 0.15) is 5.56 Å². The molecule has 3 rings (SSSR count). The summed E-state index contributed by atoms with van der Waals surface area (Å²) in [5, 5.41) is 7.17. The van der Waals surface area contributed by atoms with Crippen molar-refractivity contribution in [1.82, 2.24) is 15.2 Å². The molecule has 1 aromatic heterocycles. The van der Waals surface area contributed by atoms with E-state index >= 15 is 0 Å². The van der Waals surface area contributed by atoms with Gasteiger partial charge in [0, 0.05) is 22.5 Å². The number of aromatic amines is 1. The molecule has 0 aliphatic rings. The van der Waals surface area contributed by atoms with Crippen molar-refractivity contribution >= 4 is 11.4 Å². The largest absolute Gasteiger partial charge is 0.399 e. The fourth-order valence-electron chi connectivity index (χ4n) is 2.12. The number of aryl methyl sites for hydroxylation is 1. The number of hydrogen-bond donors (Lipinski definition) is 3. The van der Waals surface area contributed by atoms with Gasteiger partial charge in [-0.05, 0) is 31.2 Å². The highest BCUT2D eigenvalue weighted by Gasteiger charge is 2.09. The number of nitrogens with one attached hydrogen (secondary N) is 1. The second-order valence-corrected chi connectivity index (χ2v) is 4.77. The first-order valence-electron chi connectivity index (χ1n) is 6.28. The molecular formula is C15H15N5. The van der Waals surface area contributed by atoms with E-state index in [2.05, 4.69) is 21.2 Å². The number of rotatable bonds is 2. The summed E-state index contributed by atoms with van der Waals surface area (Å²) >= 11 is 0. The number of anilines is 2. The van der Waals surface area contributed by atoms with Crippen molar-refractivity contribution in [1.29, 1.82) is 0 Å². The Morgan fingerprint density at radius 1 is 0.950 bits per heavy atom. The molecule has 0 amide bonds. The van der Waals surface area contributed by atoms with Crippen LogP contribution in [-0.4, -0.2) is 15.2 Å². The standard InChI is InChI=1S/C15H15N5/c1-9-3-2-4-10(5-9)14-18-15(20-19-14)11-6-12(16)8-13(17)7-11/h2-8H,16-17H2,1H3,(H,18,19,20). The van der Waals surface area contributed by atoms with Gasteiger partial charge < -0.3 is 11.5 Å². The molecule has 0 spiro atoms. The molecule has 5 N–H and O–H groups in total. The summed E-state index contributed by atoms with van der Waals surface area (Å²) in [6, 6.07) is 13.4. The molecule has 0 saturated heterocycles. The summed E-state index contributed by atoms with van der Waals surface area (Å²) in [4.78, 5) is 4.50. The van der Waals surface area contributed by atoms with E-state index in [4.69, 9.17) is 11.5 Å². The van der Waals surface area contributed by atoms with Gasteiger partial charge in [-0.1, -0.05) is 23.8 Å². The third-order valence-electron chi connectivity index (χ3n) is 3.01. The van der Waals surface area contributed by atoms with Crippen molar-refractivity contribution < 1.29 is 0 Å². The second kappa shape index (κ2) is 4.70. The van der Waals surface area contributed by atoms with Gasteiger partial charge in [0.2, 0.25) is 0 Å². The Kier molecular flexibility index (Phi) is 2.87. The highest BCUT2D eigenvalue weighted by atomic mass is 15.2. The van der Waals surface area contributed by atoms with Crippen LogP contribution in [0.25, 0.3) is 22.8 Å². The van der Waals surface area contributed by atoms with Gasteiger partial charge in [-0.25, -0.2) is 4.98 Å². The van der Waals surface area contributed by atoms with Crippen LogP contribution in [0.3, 0.4) is 0 Å². The first kappa shape index (κ1) is 12.2. The highest BCUT2D eigenvalue weighted by Crippen LogP contribution is 2.24. The number of nitrogens with two attached hydrogens (primary N) is 2. The van der Waals surface area contributed by atoms with E-state index in [1.807, 2.05) is 25.1 Å². The van der Waals surface area contributed by atoms with Crippen molar-refractivity contribution in [2.75, 3.05) is 11.5 Å². The lowest BCUT2D eigenvalue weighted by Gasteiger charge is -2.00. The third kappa shape index (κ3) is 2.33. The van der Waals surface area contributed by atoms with Crippen molar-refractivity contribution in [2.45, 2.75) is 6.92 Å². The predicted molar refractivity (Wildman–Crippen MR) is 80.8 cm³/mol. The van der Waals surface area contributed by atoms with Gasteiger partial charge in [-0.15, -0.1) is 0 Å². The summed E-state index contributed by atoms with van der Waals surface area (Å²) < 4.78 is 0. The van der Waals surface area contributed by atoms with Gasteiger partial charge in [0.1, 0.15) is 0 Å². The van der Waals surface area contributed by atoms with Crippen LogP contribution >= 0.6 is 0 Å². The van der Waals surface area contributed by atoms with Crippen LogP contribution in [0.4, 0.5) is 11.4 Å². The maximum absolute atomic E-state index is 5.79. The first-order chi connectivity index (χ1) is 9.61. The number of nitrogen functional groups attached to an aromatic ring is 2. The molecule has 2 aromatic carbocycles. The smallest absolute Gasteiger partial charge is 0.181 e. The minimum Gasteiger partial charge on any atom is -0.399 e. The van der Waals surface area contributed by atoms with E-state index < -0.39 is 0 Å². The fourth-order valence-corrected chi connectivity index (χ4v) is 2.12. The molecule has 0 atom stereocenters. The zero-order valence-electron chi connectivity index (χ0n) is 11.1. The van der Waals surface area contributed by atoms with Crippen LogP contribution in [0, 0.1) is 6.92 Å². The Balaban J connectivity index is 2.02. The fraction of sp³-hybridized carbons (Fsp3) is 0.0667. The molecule has 1 heterocycles. The monoisotopic (exact) mass is 265 g/mol. The van der Waals surface area contributed by atoms with E-state index in [-0.39, 0.29) is 0 Å². The van der Waals surface area contributed by atoms with E-state index in [0.717, 1.165) is 17.0 Å². The van der Waals surface area contributed by atoms with Gasteiger partial charge in [0.05, 0.1) is 0 Å². The van der Waals surface area contributed by atoms with Crippen LogP contribution in [-0.2, 0) is 0 Å². The van der Waals surface area contributed by atoms with Crippen molar-refractivity contribution in [3.05, 3.63) is 48.0 Å². The molecule has 100 valence electrons. The Bertz CT molecular complexity index is 740. The minimum atomic E-state index is 0.584. The molecule has 0 unspecified atom stereocenters. The average Bonchev–Trinajstić information content (AvgIpc) is 2.87. The second-order valence-electron chi connectivity index (χ2n) is 4.77. The molecule has 0 fully saturated rings. The van der Waals surface area contributed by atoms with Crippen LogP contribution in [0.5, 0.6) is 0 Å². The van der Waals surface area contributed by atoms with Gasteiger partial charge in [0.25, 0.3) is 0 Å². The lowest BCUT2D eigenvalue weighted by molar-refractivity contribution is 1.10. The SMILES string of the molecule is Cc1cccc(-c2nc(-c3cc(N)cc(N)c3)n[nH]2)c1. The molecular weight excluding hydrogens is 250 g/mol. The topological polar surface area (TPSA) is 93.6 Å². The van der Waals surface area contributed by atoms with Crippen molar-refractivity contribution in [3.63, 3.8) is 0 Å². The molecule has 0 saturated carbocycles. The molecule has 0 radical (unpaired) electrons. The number of aromatic nitrogens is 3. The summed E-state index contributed by atoms with van der Waals surface area (Å²) in [6.45, 7) is 2.04. The summed E-state index contributed by atoms with van der Waals surface area (Å²) in [5.41, 5.74) is 15.8. The van der Waals surface area contributed by atoms with Gasteiger partial charge >= 0.3 is 0 Å². The van der Waals surface area contributed by atoms with Crippen molar-refractivity contribution in [2.24, 2.45) is 0 Å². The minimum absolute atomic E-state index is 0.584. The van der Waals surface area contributed by atoms with Gasteiger partial charge in [-0.2, -0.15) is 5.10 Å². The van der Waals surface area contributed by atoms with E-state index in [9.17, 15) is 0 Å². The molecule has 0 aliphatic heterocycles. The normalized spacial score (nSPS) is 10.7. The molecule has 0 aliphatic carbocycles. The summed E-state index contributed by atoms with van der Waals surface area (Å²) in [6.07, 6.45) is 0. The molecule has 5 nitrogen and oxygen atoms in total. The van der Waals surface area contributed by atoms with E-state index in [1.54, 1.807) is 18.2 Å². The van der Waals surface area contributed by atoms with E-state index in [0.29, 0.717) is 17.2 Å². The van der Waals surface area contributed by atoms with Crippen LogP contribution in [0.2, 0.25) is 0 Å². The number of H-pyrrole nitrogens is 1. The number of nitrogens with zero attached hydrogens (tertiary/aromatic N) is 2. The molecule has 20 heavy (non-hydrogen) atoms. The predicted octanol–water partition coefficient (Wildman–Crippen LogP) is 2.61. The molecule has 5 heteroatoms. The summed E-state index contributed by atoms with van der Waals surface area (Å²) in [5.74, 6) is 1.31. The Hall–Kier alpha value is -2.82. The maximum atomic E-state index is 5.79. The van der Waals surface area contributed by atoms with Crippen LogP contribution < -0.4 is 11.5 Å². The molecule has 3 aromatic rings. The van der Waals surface area contributed by atoms with Crippen LogP contribution in [0.15, 0.2) is 42.5 Å².